The zero-order valence-corrected chi connectivity index (χ0v) is 19.5. The number of allylic oxidation sites excluding steroid dienone is 3. The molecular weight excluding hydrogens is 446 g/mol. The number of aliphatic hydroxyl groups is 1. The molecule has 2 aromatic heterocycles. The first kappa shape index (κ1) is 22.9. The van der Waals surface area contributed by atoms with Crippen molar-refractivity contribution in [2.24, 2.45) is 7.05 Å². The van der Waals surface area contributed by atoms with Gasteiger partial charge in [-0.1, -0.05) is 11.6 Å². The number of halogens is 1. The lowest BCUT2D eigenvalue weighted by Gasteiger charge is -2.26. The van der Waals surface area contributed by atoms with Gasteiger partial charge < -0.3 is 19.3 Å². The highest BCUT2D eigenvalue weighted by Gasteiger charge is 2.23. The van der Waals surface area contributed by atoms with E-state index in [4.69, 9.17) is 21.3 Å². The van der Waals surface area contributed by atoms with Crippen LogP contribution in [0, 0.1) is 0 Å². The van der Waals surface area contributed by atoms with Gasteiger partial charge in [-0.3, -0.25) is 13.9 Å². The molecule has 3 aromatic rings. The van der Waals surface area contributed by atoms with Crippen LogP contribution in [0.1, 0.15) is 6.42 Å². The minimum Gasteiger partial charge on any atom is -0.497 e. The summed E-state index contributed by atoms with van der Waals surface area (Å²) in [5.74, 6) is 1.27. The van der Waals surface area contributed by atoms with Gasteiger partial charge in [0, 0.05) is 43.5 Å². The number of imidazole rings is 1. The number of nitrogens with zero attached hydrogens (tertiary/aromatic N) is 5. The Bertz CT molecular complexity index is 1360. The molecule has 0 unspecified atom stereocenters. The van der Waals surface area contributed by atoms with Crippen molar-refractivity contribution in [3.63, 3.8) is 0 Å². The minimum absolute atomic E-state index is 0.116. The number of fused-ring (bicyclic) bond motifs is 1. The van der Waals surface area contributed by atoms with Crippen molar-refractivity contribution in [1.29, 1.82) is 0 Å². The number of hydrogen-bond donors (Lipinski definition) is 1. The Hall–Kier alpha value is -3.30. The Labute approximate surface area is 195 Å². The van der Waals surface area contributed by atoms with Crippen LogP contribution in [0.5, 0.6) is 5.75 Å². The maximum absolute atomic E-state index is 13.5. The third-order valence-corrected chi connectivity index (χ3v) is 6.02. The summed E-state index contributed by atoms with van der Waals surface area (Å²) in [6.45, 7) is 0.941. The second-order valence-corrected chi connectivity index (χ2v) is 8.41. The molecule has 10 heteroatoms. The molecule has 9 nitrogen and oxygen atoms in total. The van der Waals surface area contributed by atoms with E-state index in [1.54, 1.807) is 14.2 Å². The molecule has 0 amide bonds. The van der Waals surface area contributed by atoms with Crippen molar-refractivity contribution in [3.8, 4) is 17.1 Å². The van der Waals surface area contributed by atoms with Crippen molar-refractivity contribution < 1.29 is 9.84 Å². The highest BCUT2D eigenvalue weighted by atomic mass is 35.5. The van der Waals surface area contributed by atoms with Gasteiger partial charge in [-0.05, 0) is 42.8 Å². The van der Waals surface area contributed by atoms with Gasteiger partial charge in [0.2, 0.25) is 0 Å². The van der Waals surface area contributed by atoms with E-state index in [-0.39, 0.29) is 13.2 Å². The summed E-state index contributed by atoms with van der Waals surface area (Å²) in [5, 5.41) is 9.95. The number of likely N-dealkylation sites (N-methyl/N-ethyl adjacent to an activating group) is 1. The van der Waals surface area contributed by atoms with Gasteiger partial charge in [0.1, 0.15) is 11.6 Å². The summed E-state index contributed by atoms with van der Waals surface area (Å²) in [7, 11) is 5.13. The van der Waals surface area contributed by atoms with Crippen LogP contribution >= 0.6 is 11.6 Å². The lowest BCUT2D eigenvalue weighted by atomic mass is 10.2. The van der Waals surface area contributed by atoms with Crippen LogP contribution in [-0.4, -0.2) is 56.0 Å². The van der Waals surface area contributed by atoms with E-state index < -0.39 is 11.2 Å². The molecule has 1 N–H and O–H groups in total. The molecular formula is C23H26ClN5O4. The minimum atomic E-state index is -0.462. The number of hydrogen-bond acceptors (Lipinski definition) is 6. The monoisotopic (exact) mass is 471 g/mol. The maximum atomic E-state index is 13.5. The van der Waals surface area contributed by atoms with E-state index in [9.17, 15) is 14.7 Å². The molecule has 33 heavy (non-hydrogen) atoms. The van der Waals surface area contributed by atoms with E-state index >= 15 is 0 Å². The van der Waals surface area contributed by atoms with Gasteiger partial charge in [-0.2, -0.15) is 0 Å². The summed E-state index contributed by atoms with van der Waals surface area (Å²) in [6, 6.07) is 7.39. The van der Waals surface area contributed by atoms with Crippen LogP contribution in [0.15, 0.2) is 56.7 Å². The molecule has 0 atom stereocenters. The first-order chi connectivity index (χ1) is 15.8. The fraction of sp³-hybridized carbons (Fsp3) is 0.348. The fourth-order valence-electron chi connectivity index (χ4n) is 3.94. The lowest BCUT2D eigenvalue weighted by molar-refractivity contribution is 0.277. The van der Waals surface area contributed by atoms with Gasteiger partial charge in [-0.15, -0.1) is 0 Å². The van der Waals surface area contributed by atoms with Crippen molar-refractivity contribution in [2.45, 2.75) is 19.5 Å². The molecule has 0 saturated carbocycles. The molecule has 1 aliphatic rings. The number of ether oxygens (including phenoxy) is 1. The lowest BCUT2D eigenvalue weighted by Crippen LogP contribution is -2.40. The Balaban J connectivity index is 1.98. The number of aromatic nitrogens is 4. The third kappa shape index (κ3) is 4.21. The maximum Gasteiger partial charge on any atom is 0.332 e. The van der Waals surface area contributed by atoms with E-state index in [1.165, 1.54) is 4.57 Å². The molecule has 1 aliphatic heterocycles. The SMILES string of the molecule is COc1ccc(-c2nc3c(c(=O)n(CCCO)c(=O)n3C)n2CC2=CC=C(Cl)CN2C)cc1. The first-order valence-electron chi connectivity index (χ1n) is 10.6. The zero-order valence-electron chi connectivity index (χ0n) is 18.8. The second-order valence-electron chi connectivity index (χ2n) is 7.93. The van der Waals surface area contributed by atoms with Crippen LogP contribution in [-0.2, 0) is 20.1 Å². The summed E-state index contributed by atoms with van der Waals surface area (Å²) in [6.07, 6.45) is 4.07. The summed E-state index contributed by atoms with van der Waals surface area (Å²) >= 11 is 6.17. The number of aryl methyl sites for hydroxylation is 1. The van der Waals surface area contributed by atoms with Crippen LogP contribution in [0.3, 0.4) is 0 Å². The van der Waals surface area contributed by atoms with E-state index in [0.29, 0.717) is 42.2 Å². The number of methoxy groups -OCH3 is 1. The summed E-state index contributed by atoms with van der Waals surface area (Å²) < 4.78 is 9.64. The Morgan fingerprint density at radius 1 is 1.12 bits per heavy atom. The molecule has 1 aromatic carbocycles. The Morgan fingerprint density at radius 3 is 2.48 bits per heavy atom. The smallest absolute Gasteiger partial charge is 0.332 e. The van der Waals surface area contributed by atoms with Gasteiger partial charge in [0.15, 0.2) is 11.2 Å². The van der Waals surface area contributed by atoms with Crippen LogP contribution < -0.4 is 16.0 Å². The second kappa shape index (κ2) is 9.29. The topological polar surface area (TPSA) is 94.5 Å². The Morgan fingerprint density at radius 2 is 1.85 bits per heavy atom. The first-order valence-corrected chi connectivity index (χ1v) is 10.9. The molecule has 4 rings (SSSR count). The van der Waals surface area contributed by atoms with Crippen LogP contribution in [0.2, 0.25) is 0 Å². The molecule has 0 fully saturated rings. The van der Waals surface area contributed by atoms with Crippen molar-refractivity contribution in [3.05, 3.63) is 68.0 Å². The van der Waals surface area contributed by atoms with Crippen LogP contribution in [0.25, 0.3) is 22.6 Å². The summed E-state index contributed by atoms with van der Waals surface area (Å²) in [4.78, 5) is 33.1. The average molecular weight is 472 g/mol. The average Bonchev–Trinajstić information content (AvgIpc) is 3.19. The standard InChI is InChI=1S/C23H26ClN5O4/c1-26-13-16(24)7-8-17(26)14-29-19-21(25-20(29)15-5-9-18(33-3)10-6-15)27(2)23(32)28(22(19)31)11-4-12-30/h5-10,30H,4,11-14H2,1-3H3. The van der Waals surface area contributed by atoms with Gasteiger partial charge >= 0.3 is 5.69 Å². The summed E-state index contributed by atoms with van der Waals surface area (Å²) in [5.41, 5.74) is 1.48. The highest BCUT2D eigenvalue weighted by molar-refractivity contribution is 6.30. The normalized spacial score (nSPS) is 13.9. The van der Waals surface area contributed by atoms with Crippen molar-refractivity contribution >= 4 is 22.8 Å². The molecule has 0 aliphatic carbocycles. The Kier molecular flexibility index (Phi) is 6.44. The van der Waals surface area contributed by atoms with Crippen molar-refractivity contribution in [2.75, 3.05) is 27.3 Å². The predicted molar refractivity (Wildman–Crippen MR) is 128 cm³/mol. The molecule has 3 heterocycles. The molecule has 0 bridgehead atoms. The van der Waals surface area contributed by atoms with Gasteiger partial charge in [-0.25, -0.2) is 9.78 Å². The molecule has 0 radical (unpaired) electrons. The number of aliphatic hydroxyl groups excluding tert-OH is 1. The van der Waals surface area contributed by atoms with Gasteiger partial charge in [0.05, 0.1) is 20.2 Å². The predicted octanol–water partition coefficient (Wildman–Crippen LogP) is 1.91. The number of benzene rings is 1. The molecule has 0 saturated heterocycles. The highest BCUT2D eigenvalue weighted by Crippen LogP contribution is 2.27. The zero-order chi connectivity index (χ0) is 23.7. The van der Waals surface area contributed by atoms with Gasteiger partial charge in [0.25, 0.3) is 5.56 Å². The quantitative estimate of drug-likeness (QED) is 0.565. The molecule has 0 spiro atoms. The van der Waals surface area contributed by atoms with Crippen LogP contribution in [0.4, 0.5) is 0 Å². The van der Waals surface area contributed by atoms with E-state index in [1.807, 2.05) is 52.9 Å². The fourth-order valence-corrected chi connectivity index (χ4v) is 4.18. The van der Waals surface area contributed by atoms with E-state index in [2.05, 4.69) is 0 Å². The third-order valence-electron chi connectivity index (χ3n) is 5.78. The number of rotatable bonds is 7. The molecule has 174 valence electrons. The van der Waals surface area contributed by atoms with Crippen molar-refractivity contribution in [1.82, 2.24) is 23.6 Å². The largest absolute Gasteiger partial charge is 0.497 e. The van der Waals surface area contributed by atoms with E-state index in [0.717, 1.165) is 20.9 Å².